The lowest BCUT2D eigenvalue weighted by atomic mass is 10.0. The first-order valence-electron chi connectivity index (χ1n) is 10.2. The smallest absolute Gasteiger partial charge is 0.244 e. The monoisotopic (exact) mass is 440 g/mol. The molecule has 0 aliphatic heterocycles. The number of rotatable bonds is 5. The van der Waals surface area contributed by atoms with Crippen LogP contribution in [0, 0.1) is 0 Å². The number of amides is 2. The second-order valence-corrected chi connectivity index (χ2v) is 8.30. The van der Waals surface area contributed by atoms with Crippen LogP contribution >= 0.6 is 11.3 Å². The van der Waals surface area contributed by atoms with E-state index in [9.17, 15) is 9.59 Å². The Morgan fingerprint density at radius 3 is 2.41 bits per heavy atom. The van der Waals surface area contributed by atoms with Gasteiger partial charge in [0.1, 0.15) is 0 Å². The zero-order valence-electron chi connectivity index (χ0n) is 17.1. The van der Waals surface area contributed by atoms with Crippen molar-refractivity contribution in [2.24, 2.45) is 0 Å². The van der Waals surface area contributed by atoms with Crippen LogP contribution in [0.5, 0.6) is 0 Å². The third-order valence-corrected chi connectivity index (χ3v) is 6.16. The Kier molecular flexibility index (Phi) is 5.39. The highest BCUT2D eigenvalue weighted by atomic mass is 32.1. The molecule has 3 aromatic carbocycles. The molecule has 2 amide bonds. The molecule has 0 aliphatic carbocycles. The van der Waals surface area contributed by atoms with Crippen LogP contribution < -0.4 is 10.9 Å². The third kappa shape index (κ3) is 4.10. The molecule has 158 valence electrons. The van der Waals surface area contributed by atoms with E-state index in [4.69, 9.17) is 0 Å². The maximum absolute atomic E-state index is 12.4. The molecular weight excluding hydrogens is 420 g/mol. The van der Waals surface area contributed by atoms with Crippen molar-refractivity contribution in [2.45, 2.75) is 12.8 Å². The summed E-state index contributed by atoms with van der Waals surface area (Å²) in [5, 5.41) is 4.03. The molecule has 0 radical (unpaired) electrons. The second-order valence-electron chi connectivity index (χ2n) is 7.46. The van der Waals surface area contributed by atoms with Gasteiger partial charge in [0.05, 0.1) is 18.5 Å². The average Bonchev–Trinajstić information content (AvgIpc) is 3.41. The summed E-state index contributed by atoms with van der Waals surface area (Å²) >= 11 is 1.48. The molecule has 32 heavy (non-hydrogen) atoms. The van der Waals surface area contributed by atoms with Gasteiger partial charge in [-0.2, -0.15) is 0 Å². The van der Waals surface area contributed by atoms with E-state index in [0.717, 1.165) is 38.2 Å². The topological polar surface area (TPSA) is 75.5 Å². The lowest BCUT2D eigenvalue weighted by molar-refractivity contribution is -0.128. The van der Waals surface area contributed by atoms with Crippen LogP contribution in [0.25, 0.3) is 27.0 Å². The first kappa shape index (κ1) is 20.0. The minimum absolute atomic E-state index is 0.138. The number of aromatic nitrogens is 2. The summed E-state index contributed by atoms with van der Waals surface area (Å²) in [4.78, 5) is 30.3. The Morgan fingerprint density at radius 1 is 0.844 bits per heavy atom. The molecule has 0 aliphatic rings. The molecule has 2 heterocycles. The molecule has 7 heteroatoms. The molecule has 5 rings (SSSR count). The zero-order valence-corrected chi connectivity index (χ0v) is 17.9. The van der Waals surface area contributed by atoms with E-state index in [2.05, 4.69) is 15.8 Å². The minimum Gasteiger partial charge on any atom is -0.294 e. The van der Waals surface area contributed by atoms with E-state index < -0.39 is 0 Å². The fourth-order valence-corrected chi connectivity index (χ4v) is 4.59. The largest absolute Gasteiger partial charge is 0.294 e. The van der Waals surface area contributed by atoms with Gasteiger partial charge in [-0.25, -0.2) is 4.98 Å². The number of imidazole rings is 1. The van der Waals surface area contributed by atoms with Crippen LogP contribution in [0.3, 0.4) is 0 Å². The Labute approximate surface area is 188 Å². The summed E-state index contributed by atoms with van der Waals surface area (Å²) in [6, 6.07) is 23.7. The second kappa shape index (κ2) is 8.64. The number of nitrogens with one attached hydrogen (secondary N) is 2. The van der Waals surface area contributed by atoms with Gasteiger partial charge in [-0.3, -0.25) is 24.8 Å². The van der Waals surface area contributed by atoms with Crippen molar-refractivity contribution < 1.29 is 9.59 Å². The summed E-state index contributed by atoms with van der Waals surface area (Å²) in [7, 11) is 0. The standard InChI is InChI=1S/C25H20N4O2S/c30-23(13-19-11-6-10-17-7-4-5-12-21(17)19)27-28-24(31)14-20-16-32-25-26-22(15-29(20)25)18-8-2-1-3-9-18/h1-12,15-16H,13-14H2,(H,27,30)(H,28,31). The van der Waals surface area contributed by atoms with Gasteiger partial charge >= 0.3 is 0 Å². The Morgan fingerprint density at radius 2 is 1.56 bits per heavy atom. The molecule has 0 spiro atoms. The Bertz CT molecular complexity index is 1420. The molecule has 2 aromatic heterocycles. The number of thiazole rings is 1. The lowest BCUT2D eigenvalue weighted by Gasteiger charge is -2.09. The highest BCUT2D eigenvalue weighted by Crippen LogP contribution is 2.23. The molecule has 0 saturated heterocycles. The summed E-state index contributed by atoms with van der Waals surface area (Å²) in [6.07, 6.45) is 2.26. The third-order valence-electron chi connectivity index (χ3n) is 5.27. The molecule has 0 unspecified atom stereocenters. The first-order valence-corrected chi connectivity index (χ1v) is 11.1. The minimum atomic E-state index is -0.286. The summed E-state index contributed by atoms with van der Waals surface area (Å²) < 4.78 is 1.92. The predicted octanol–water partition coefficient (Wildman–Crippen LogP) is 4.15. The number of hydrogen-bond donors (Lipinski definition) is 2. The number of carbonyl (C=O) groups excluding carboxylic acids is 2. The summed E-state index contributed by atoms with van der Waals surface area (Å²) in [6.45, 7) is 0. The Balaban J connectivity index is 1.22. The van der Waals surface area contributed by atoms with Crippen LogP contribution in [0.15, 0.2) is 84.4 Å². The molecule has 2 N–H and O–H groups in total. The molecule has 0 saturated carbocycles. The van der Waals surface area contributed by atoms with Gasteiger partial charge in [0.15, 0.2) is 4.96 Å². The predicted molar refractivity (Wildman–Crippen MR) is 126 cm³/mol. The van der Waals surface area contributed by atoms with Crippen molar-refractivity contribution in [1.29, 1.82) is 0 Å². The average molecular weight is 441 g/mol. The van der Waals surface area contributed by atoms with Gasteiger partial charge in [-0.1, -0.05) is 72.8 Å². The van der Waals surface area contributed by atoms with Crippen LogP contribution in [-0.4, -0.2) is 21.2 Å². The van der Waals surface area contributed by atoms with Crippen LogP contribution in [0.4, 0.5) is 0 Å². The van der Waals surface area contributed by atoms with Crippen molar-refractivity contribution in [3.63, 3.8) is 0 Å². The van der Waals surface area contributed by atoms with Gasteiger partial charge in [0.2, 0.25) is 11.8 Å². The molecule has 0 bridgehead atoms. The van der Waals surface area contributed by atoms with E-state index in [-0.39, 0.29) is 24.7 Å². The van der Waals surface area contributed by atoms with Crippen molar-refractivity contribution in [2.75, 3.05) is 0 Å². The number of carbonyl (C=O) groups is 2. The number of benzene rings is 3. The van der Waals surface area contributed by atoms with E-state index in [1.165, 1.54) is 11.3 Å². The SMILES string of the molecule is O=C(Cc1cccc2ccccc12)NNC(=O)Cc1csc2nc(-c3ccccc3)cn12. The normalized spacial score (nSPS) is 11.0. The molecule has 0 atom stereocenters. The van der Waals surface area contributed by atoms with E-state index in [0.29, 0.717) is 0 Å². The molecule has 0 fully saturated rings. The van der Waals surface area contributed by atoms with Crippen molar-refractivity contribution in [3.8, 4) is 11.3 Å². The van der Waals surface area contributed by atoms with Crippen molar-refractivity contribution in [3.05, 3.63) is 95.6 Å². The zero-order chi connectivity index (χ0) is 21.9. The highest BCUT2D eigenvalue weighted by molar-refractivity contribution is 7.15. The fraction of sp³-hybridized carbons (Fsp3) is 0.0800. The molecular formula is C25H20N4O2S. The summed E-state index contributed by atoms with van der Waals surface area (Å²) in [5.74, 6) is -0.551. The quantitative estimate of drug-likeness (QED) is 0.403. The maximum Gasteiger partial charge on any atom is 0.244 e. The first-order chi connectivity index (χ1) is 15.7. The lowest BCUT2D eigenvalue weighted by Crippen LogP contribution is -2.43. The van der Waals surface area contributed by atoms with E-state index >= 15 is 0 Å². The highest BCUT2D eigenvalue weighted by Gasteiger charge is 2.13. The number of hydrogen-bond acceptors (Lipinski definition) is 4. The maximum atomic E-state index is 12.4. The van der Waals surface area contributed by atoms with E-state index in [1.807, 2.05) is 88.8 Å². The van der Waals surface area contributed by atoms with Crippen molar-refractivity contribution >= 4 is 38.9 Å². The number of hydrazine groups is 1. The molecule has 5 aromatic rings. The van der Waals surface area contributed by atoms with Crippen LogP contribution in [-0.2, 0) is 22.4 Å². The van der Waals surface area contributed by atoms with Gasteiger partial charge < -0.3 is 0 Å². The van der Waals surface area contributed by atoms with Gasteiger partial charge in [0.25, 0.3) is 0 Å². The van der Waals surface area contributed by atoms with Crippen molar-refractivity contribution in [1.82, 2.24) is 20.2 Å². The number of nitrogens with zero attached hydrogens (tertiary/aromatic N) is 2. The number of fused-ring (bicyclic) bond motifs is 2. The van der Waals surface area contributed by atoms with Gasteiger partial charge in [0, 0.05) is 22.8 Å². The fourth-order valence-electron chi connectivity index (χ4n) is 3.72. The summed E-state index contributed by atoms with van der Waals surface area (Å²) in [5.41, 5.74) is 8.68. The van der Waals surface area contributed by atoms with Gasteiger partial charge in [-0.15, -0.1) is 11.3 Å². The van der Waals surface area contributed by atoms with Crippen LogP contribution in [0.1, 0.15) is 11.3 Å². The van der Waals surface area contributed by atoms with Crippen LogP contribution in [0.2, 0.25) is 0 Å². The molecule has 6 nitrogen and oxygen atoms in total. The van der Waals surface area contributed by atoms with Gasteiger partial charge in [-0.05, 0) is 16.3 Å². The Hall–Kier alpha value is -3.97. The van der Waals surface area contributed by atoms with E-state index in [1.54, 1.807) is 0 Å².